The lowest BCUT2D eigenvalue weighted by Crippen LogP contribution is -2.16. The highest BCUT2D eigenvalue weighted by atomic mass is 79.9. The minimum absolute atomic E-state index is 0.774. The van der Waals surface area contributed by atoms with Crippen LogP contribution in [0, 0.1) is 13.8 Å². The van der Waals surface area contributed by atoms with Crippen molar-refractivity contribution in [1.82, 2.24) is 15.3 Å². The zero-order chi connectivity index (χ0) is 14.5. The number of rotatable bonds is 5. The number of halogens is 1. The molecule has 1 heterocycles. The highest BCUT2D eigenvalue weighted by molar-refractivity contribution is 9.10. The third-order valence-corrected chi connectivity index (χ3v) is 3.82. The van der Waals surface area contributed by atoms with Crippen molar-refractivity contribution in [2.75, 3.05) is 6.54 Å². The van der Waals surface area contributed by atoms with E-state index < -0.39 is 0 Å². The molecule has 2 aromatic rings. The molecule has 0 saturated heterocycles. The van der Waals surface area contributed by atoms with E-state index in [9.17, 15) is 0 Å². The van der Waals surface area contributed by atoms with Gasteiger partial charge in [0.1, 0.15) is 5.82 Å². The van der Waals surface area contributed by atoms with Crippen molar-refractivity contribution >= 4 is 15.9 Å². The fourth-order valence-electron chi connectivity index (χ4n) is 2.18. The number of nitrogens with one attached hydrogen (secondary N) is 1. The van der Waals surface area contributed by atoms with Crippen molar-refractivity contribution in [3.8, 4) is 0 Å². The predicted octanol–water partition coefficient (Wildman–Crippen LogP) is 3.56. The van der Waals surface area contributed by atoms with E-state index in [0.29, 0.717) is 0 Å². The fourth-order valence-corrected chi connectivity index (χ4v) is 2.44. The van der Waals surface area contributed by atoms with Gasteiger partial charge in [0.25, 0.3) is 0 Å². The van der Waals surface area contributed by atoms with Crippen LogP contribution >= 0.6 is 15.9 Å². The van der Waals surface area contributed by atoms with Crippen molar-refractivity contribution < 1.29 is 0 Å². The highest BCUT2D eigenvalue weighted by Crippen LogP contribution is 2.15. The molecular weight excluding hydrogens is 314 g/mol. The number of benzene rings is 1. The highest BCUT2D eigenvalue weighted by Gasteiger charge is 2.08. The van der Waals surface area contributed by atoms with Gasteiger partial charge in [-0.05, 0) is 38.1 Å². The lowest BCUT2D eigenvalue weighted by molar-refractivity contribution is 0.706. The molecule has 106 valence electrons. The van der Waals surface area contributed by atoms with E-state index >= 15 is 0 Å². The molecule has 0 spiro atoms. The molecule has 1 N–H and O–H groups in total. The van der Waals surface area contributed by atoms with Gasteiger partial charge in [-0.15, -0.1) is 0 Å². The summed E-state index contributed by atoms with van der Waals surface area (Å²) in [4.78, 5) is 9.28. The molecule has 0 radical (unpaired) electrons. The molecule has 1 aromatic heterocycles. The lowest BCUT2D eigenvalue weighted by Gasteiger charge is -2.11. The van der Waals surface area contributed by atoms with Crippen LogP contribution < -0.4 is 5.32 Å². The van der Waals surface area contributed by atoms with E-state index in [4.69, 9.17) is 0 Å². The summed E-state index contributed by atoms with van der Waals surface area (Å²) in [5.74, 6) is 0.891. The van der Waals surface area contributed by atoms with Crippen LogP contribution in [-0.2, 0) is 13.0 Å². The molecule has 0 aliphatic carbocycles. The van der Waals surface area contributed by atoms with Gasteiger partial charge in [0.05, 0.1) is 0 Å². The molecule has 0 atom stereocenters. The third-order valence-electron chi connectivity index (χ3n) is 3.29. The molecule has 0 amide bonds. The molecule has 4 heteroatoms. The smallest absolute Gasteiger partial charge is 0.133 e. The molecule has 0 bridgehead atoms. The summed E-state index contributed by atoms with van der Waals surface area (Å²) in [5, 5.41) is 3.34. The van der Waals surface area contributed by atoms with E-state index in [0.717, 1.165) is 41.2 Å². The molecule has 0 aliphatic rings. The van der Waals surface area contributed by atoms with Gasteiger partial charge >= 0.3 is 0 Å². The van der Waals surface area contributed by atoms with E-state index in [1.54, 1.807) is 0 Å². The van der Waals surface area contributed by atoms with Crippen molar-refractivity contribution in [2.24, 2.45) is 0 Å². The maximum absolute atomic E-state index is 4.64. The van der Waals surface area contributed by atoms with Gasteiger partial charge in [-0.2, -0.15) is 0 Å². The molecular formula is C16H20BrN3. The monoisotopic (exact) mass is 333 g/mol. The van der Waals surface area contributed by atoms with Crippen molar-refractivity contribution in [3.63, 3.8) is 0 Å². The summed E-state index contributed by atoms with van der Waals surface area (Å²) in [6.07, 6.45) is 0.774. The standard InChI is InChI=1S/C16H20BrN3/c1-4-18-10-15-11(2)19-16(20-12(15)3)9-13-5-7-14(17)8-6-13/h5-8,18H,4,9-10H2,1-3H3. The van der Waals surface area contributed by atoms with Crippen LogP contribution in [0.4, 0.5) is 0 Å². The number of aryl methyl sites for hydroxylation is 2. The Labute approximate surface area is 129 Å². The van der Waals surface area contributed by atoms with Crippen LogP contribution in [0.15, 0.2) is 28.7 Å². The van der Waals surface area contributed by atoms with E-state index in [2.05, 4.69) is 76.3 Å². The first kappa shape index (κ1) is 15.1. The topological polar surface area (TPSA) is 37.8 Å². The van der Waals surface area contributed by atoms with Crippen LogP contribution in [0.2, 0.25) is 0 Å². The van der Waals surface area contributed by atoms with Crippen molar-refractivity contribution in [2.45, 2.75) is 33.7 Å². The number of hydrogen-bond acceptors (Lipinski definition) is 3. The summed E-state index contributed by atoms with van der Waals surface area (Å²) in [7, 11) is 0. The van der Waals surface area contributed by atoms with Gasteiger partial charge in [0.15, 0.2) is 0 Å². The Balaban J connectivity index is 2.19. The predicted molar refractivity (Wildman–Crippen MR) is 85.8 cm³/mol. The molecule has 2 rings (SSSR count). The second kappa shape index (κ2) is 6.95. The van der Waals surface area contributed by atoms with Gasteiger partial charge in [-0.25, -0.2) is 9.97 Å². The second-order valence-corrected chi connectivity index (χ2v) is 5.79. The van der Waals surface area contributed by atoms with E-state index in [1.807, 2.05) is 0 Å². The van der Waals surface area contributed by atoms with E-state index in [1.165, 1.54) is 11.1 Å². The van der Waals surface area contributed by atoms with Crippen LogP contribution in [-0.4, -0.2) is 16.5 Å². The number of nitrogens with zero attached hydrogens (tertiary/aromatic N) is 2. The minimum atomic E-state index is 0.774. The Morgan fingerprint density at radius 3 is 2.20 bits per heavy atom. The van der Waals surface area contributed by atoms with Gasteiger partial charge < -0.3 is 5.32 Å². The Morgan fingerprint density at radius 1 is 1.05 bits per heavy atom. The molecule has 0 saturated carbocycles. The normalized spacial score (nSPS) is 10.8. The maximum atomic E-state index is 4.64. The number of aromatic nitrogens is 2. The largest absolute Gasteiger partial charge is 0.313 e. The lowest BCUT2D eigenvalue weighted by atomic mass is 10.1. The van der Waals surface area contributed by atoms with Crippen LogP contribution in [0.5, 0.6) is 0 Å². The van der Waals surface area contributed by atoms with Gasteiger partial charge in [0.2, 0.25) is 0 Å². The van der Waals surface area contributed by atoms with Crippen LogP contribution in [0.25, 0.3) is 0 Å². The average molecular weight is 334 g/mol. The van der Waals surface area contributed by atoms with Crippen molar-refractivity contribution in [3.05, 3.63) is 57.1 Å². The summed E-state index contributed by atoms with van der Waals surface area (Å²) in [5.41, 5.74) is 4.59. The first-order valence-electron chi connectivity index (χ1n) is 6.88. The maximum Gasteiger partial charge on any atom is 0.133 e. The summed E-state index contributed by atoms with van der Waals surface area (Å²) in [6.45, 7) is 8.03. The van der Waals surface area contributed by atoms with Gasteiger partial charge in [0, 0.05) is 34.4 Å². The fraction of sp³-hybridized carbons (Fsp3) is 0.375. The SMILES string of the molecule is CCNCc1c(C)nc(Cc2ccc(Br)cc2)nc1C. The molecule has 1 aromatic carbocycles. The van der Waals surface area contributed by atoms with Gasteiger partial charge in [-0.3, -0.25) is 0 Å². The second-order valence-electron chi connectivity index (χ2n) is 4.87. The first-order valence-corrected chi connectivity index (χ1v) is 7.67. The summed E-state index contributed by atoms with van der Waals surface area (Å²) in [6, 6.07) is 8.30. The Hall–Kier alpha value is -1.26. The Kier molecular flexibility index (Phi) is 5.26. The van der Waals surface area contributed by atoms with Crippen LogP contribution in [0.3, 0.4) is 0 Å². The zero-order valence-electron chi connectivity index (χ0n) is 12.2. The Morgan fingerprint density at radius 2 is 1.65 bits per heavy atom. The van der Waals surface area contributed by atoms with Crippen LogP contribution in [0.1, 0.15) is 35.3 Å². The minimum Gasteiger partial charge on any atom is -0.313 e. The molecule has 0 fully saturated rings. The first-order chi connectivity index (χ1) is 9.60. The summed E-state index contributed by atoms with van der Waals surface area (Å²) < 4.78 is 1.09. The average Bonchev–Trinajstić information content (AvgIpc) is 2.41. The molecule has 20 heavy (non-hydrogen) atoms. The Bertz CT molecular complexity index is 556. The van der Waals surface area contributed by atoms with E-state index in [-0.39, 0.29) is 0 Å². The number of hydrogen-bond donors (Lipinski definition) is 1. The molecule has 0 aliphatic heterocycles. The molecule has 3 nitrogen and oxygen atoms in total. The zero-order valence-corrected chi connectivity index (χ0v) is 13.8. The van der Waals surface area contributed by atoms with Crippen molar-refractivity contribution in [1.29, 1.82) is 0 Å². The quantitative estimate of drug-likeness (QED) is 0.909. The third kappa shape index (κ3) is 3.87. The summed E-state index contributed by atoms with van der Waals surface area (Å²) >= 11 is 3.45. The molecule has 0 unspecified atom stereocenters. The van der Waals surface area contributed by atoms with Gasteiger partial charge in [-0.1, -0.05) is 35.0 Å².